The normalized spacial score (nSPS) is 18.2. The minimum absolute atomic E-state index is 0.0734. The summed E-state index contributed by atoms with van der Waals surface area (Å²) < 4.78 is 5.18. The monoisotopic (exact) mass is 405 g/mol. The Morgan fingerprint density at radius 2 is 1.97 bits per heavy atom. The van der Waals surface area contributed by atoms with Crippen molar-refractivity contribution >= 4 is 23.7 Å². The molecule has 0 bridgehead atoms. The van der Waals surface area contributed by atoms with Crippen molar-refractivity contribution in [2.75, 3.05) is 6.61 Å². The van der Waals surface area contributed by atoms with E-state index in [1.165, 1.54) is 0 Å². The van der Waals surface area contributed by atoms with Gasteiger partial charge in [0.2, 0.25) is 11.7 Å². The number of hydrogen-bond acceptors (Lipinski definition) is 6. The number of alkyl carbamates (subject to hydrolysis) is 1. The molecule has 29 heavy (non-hydrogen) atoms. The van der Waals surface area contributed by atoms with Crippen LogP contribution in [0.1, 0.15) is 38.7 Å². The van der Waals surface area contributed by atoms with Crippen LogP contribution in [0.15, 0.2) is 30.3 Å². The Morgan fingerprint density at radius 3 is 2.66 bits per heavy atom. The molecule has 2 atom stereocenters. The van der Waals surface area contributed by atoms with Gasteiger partial charge >= 0.3 is 12.0 Å². The molecule has 1 fully saturated rings. The molecule has 2 unspecified atom stereocenters. The number of rotatable bonds is 7. The van der Waals surface area contributed by atoms with E-state index in [1.807, 2.05) is 49.7 Å². The number of benzene rings is 1. The standard InChI is InChI=1S/C20H27N3O6/c1-13(2)11-16(22-20(27)28-12-14-7-4-3-5-8-14)18(25)21-15-9-6-10-29-23-19(26)17(15)24/h3-5,7-8,13,15-16H,6,9-12H2,1-2H3,(H,21,25)(H,22,27)(H,23,26). The Hall–Kier alpha value is -2.94. The second-order valence-corrected chi connectivity index (χ2v) is 7.24. The number of ketones is 1. The van der Waals surface area contributed by atoms with E-state index in [1.54, 1.807) is 0 Å². The summed E-state index contributed by atoms with van der Waals surface area (Å²) in [7, 11) is 0. The highest BCUT2D eigenvalue weighted by atomic mass is 16.7. The molecule has 1 aromatic carbocycles. The maximum absolute atomic E-state index is 12.7. The van der Waals surface area contributed by atoms with Gasteiger partial charge in [0.15, 0.2) is 0 Å². The van der Waals surface area contributed by atoms with E-state index in [0.29, 0.717) is 12.8 Å². The molecule has 1 saturated heterocycles. The van der Waals surface area contributed by atoms with E-state index in [0.717, 1.165) is 5.56 Å². The van der Waals surface area contributed by atoms with Gasteiger partial charge in [-0.25, -0.2) is 10.3 Å². The number of carbonyl (C=O) groups excluding carboxylic acids is 4. The third kappa shape index (κ3) is 7.53. The van der Waals surface area contributed by atoms with Crippen molar-refractivity contribution in [3.8, 4) is 0 Å². The summed E-state index contributed by atoms with van der Waals surface area (Å²) in [6.07, 6.45) is 0.371. The maximum atomic E-state index is 12.7. The minimum atomic E-state index is -0.969. The number of Topliss-reactive ketones (excluding diaryl/α,β-unsaturated/α-hetero) is 1. The molecule has 1 aliphatic heterocycles. The van der Waals surface area contributed by atoms with Crippen LogP contribution in [-0.2, 0) is 30.6 Å². The van der Waals surface area contributed by atoms with Crippen molar-refractivity contribution in [2.24, 2.45) is 5.92 Å². The van der Waals surface area contributed by atoms with Crippen LogP contribution in [0.5, 0.6) is 0 Å². The quantitative estimate of drug-likeness (QED) is 0.586. The molecule has 0 aromatic heterocycles. The van der Waals surface area contributed by atoms with Gasteiger partial charge in [0.25, 0.3) is 0 Å². The molecule has 3 amide bonds. The molecule has 1 aliphatic rings. The summed E-state index contributed by atoms with van der Waals surface area (Å²) in [5.74, 6) is -2.13. The van der Waals surface area contributed by atoms with Crippen molar-refractivity contribution in [1.29, 1.82) is 0 Å². The van der Waals surface area contributed by atoms with Crippen LogP contribution < -0.4 is 16.1 Å². The van der Waals surface area contributed by atoms with Crippen LogP contribution in [0.4, 0.5) is 4.79 Å². The smallest absolute Gasteiger partial charge is 0.408 e. The van der Waals surface area contributed by atoms with Crippen LogP contribution in [0.25, 0.3) is 0 Å². The second kappa shape index (κ2) is 11.2. The van der Waals surface area contributed by atoms with Gasteiger partial charge in [-0.15, -0.1) is 0 Å². The Kier molecular flexibility index (Phi) is 8.60. The highest BCUT2D eigenvalue weighted by molar-refractivity contribution is 6.38. The zero-order chi connectivity index (χ0) is 21.2. The highest BCUT2D eigenvalue weighted by Crippen LogP contribution is 2.09. The summed E-state index contributed by atoms with van der Waals surface area (Å²) in [6.45, 7) is 4.13. The van der Waals surface area contributed by atoms with Crippen LogP contribution in [0, 0.1) is 5.92 Å². The van der Waals surface area contributed by atoms with E-state index in [2.05, 4.69) is 10.6 Å². The largest absolute Gasteiger partial charge is 0.445 e. The fourth-order valence-corrected chi connectivity index (χ4v) is 2.84. The number of ether oxygens (including phenoxy) is 1. The van der Waals surface area contributed by atoms with E-state index in [4.69, 9.17) is 9.57 Å². The molecule has 0 spiro atoms. The fourth-order valence-electron chi connectivity index (χ4n) is 2.84. The molecule has 9 heteroatoms. The molecule has 3 N–H and O–H groups in total. The van der Waals surface area contributed by atoms with E-state index < -0.39 is 35.8 Å². The summed E-state index contributed by atoms with van der Waals surface area (Å²) in [5, 5.41) is 5.13. The number of amides is 3. The van der Waals surface area contributed by atoms with E-state index in [9.17, 15) is 19.2 Å². The first kappa shape index (κ1) is 22.4. The van der Waals surface area contributed by atoms with Crippen molar-refractivity contribution < 1.29 is 28.8 Å². The lowest BCUT2D eigenvalue weighted by molar-refractivity contribution is -0.149. The first-order valence-electron chi connectivity index (χ1n) is 9.60. The van der Waals surface area contributed by atoms with Crippen molar-refractivity contribution in [1.82, 2.24) is 16.1 Å². The molecule has 1 heterocycles. The van der Waals surface area contributed by atoms with Gasteiger partial charge in [0.05, 0.1) is 12.6 Å². The fraction of sp³-hybridized carbons (Fsp3) is 0.500. The predicted octanol–water partition coefficient (Wildman–Crippen LogP) is 1.22. The molecule has 9 nitrogen and oxygen atoms in total. The van der Waals surface area contributed by atoms with Gasteiger partial charge in [-0.05, 0) is 30.7 Å². The highest BCUT2D eigenvalue weighted by Gasteiger charge is 2.31. The maximum Gasteiger partial charge on any atom is 0.408 e. The van der Waals surface area contributed by atoms with E-state index >= 15 is 0 Å². The molecule has 2 rings (SSSR count). The molecule has 0 aliphatic carbocycles. The van der Waals surface area contributed by atoms with E-state index in [-0.39, 0.29) is 25.6 Å². The molecular weight excluding hydrogens is 378 g/mol. The van der Waals surface area contributed by atoms with Crippen LogP contribution in [-0.4, -0.2) is 42.4 Å². The van der Waals surface area contributed by atoms with Gasteiger partial charge < -0.3 is 15.4 Å². The number of nitrogens with one attached hydrogen (secondary N) is 3. The van der Waals surface area contributed by atoms with Crippen LogP contribution in [0.3, 0.4) is 0 Å². The first-order valence-corrected chi connectivity index (χ1v) is 9.60. The van der Waals surface area contributed by atoms with Gasteiger partial charge in [0, 0.05) is 0 Å². The third-order valence-electron chi connectivity index (χ3n) is 4.29. The van der Waals surface area contributed by atoms with Gasteiger partial charge in [0.1, 0.15) is 12.6 Å². The lowest BCUT2D eigenvalue weighted by Gasteiger charge is -2.24. The van der Waals surface area contributed by atoms with Crippen molar-refractivity contribution in [3.05, 3.63) is 35.9 Å². The topological polar surface area (TPSA) is 123 Å². The molecule has 0 saturated carbocycles. The summed E-state index contributed by atoms with van der Waals surface area (Å²) in [6, 6.07) is 7.30. The summed E-state index contributed by atoms with van der Waals surface area (Å²) >= 11 is 0. The van der Waals surface area contributed by atoms with Gasteiger partial charge in [-0.2, -0.15) is 0 Å². The lowest BCUT2D eigenvalue weighted by Crippen LogP contribution is -2.54. The Morgan fingerprint density at radius 1 is 1.24 bits per heavy atom. The lowest BCUT2D eigenvalue weighted by atomic mass is 10.0. The SMILES string of the molecule is CC(C)CC(NC(=O)OCc1ccccc1)C(=O)NC1CCCONC(=O)C1=O. The van der Waals surface area contributed by atoms with Gasteiger partial charge in [-0.1, -0.05) is 44.2 Å². The summed E-state index contributed by atoms with van der Waals surface area (Å²) in [4.78, 5) is 53.5. The molecule has 1 aromatic rings. The first-order chi connectivity index (χ1) is 13.9. The van der Waals surface area contributed by atoms with Gasteiger partial charge in [-0.3, -0.25) is 19.2 Å². The average Bonchev–Trinajstić information content (AvgIpc) is 2.69. The van der Waals surface area contributed by atoms with Crippen LogP contribution >= 0.6 is 0 Å². The molecular formula is C20H27N3O6. The molecule has 158 valence electrons. The number of hydroxylamine groups is 1. The zero-order valence-electron chi connectivity index (χ0n) is 16.6. The Bertz CT molecular complexity index is 722. The Labute approximate surface area is 169 Å². The third-order valence-corrected chi connectivity index (χ3v) is 4.29. The molecule has 0 radical (unpaired) electrons. The van der Waals surface area contributed by atoms with Crippen molar-refractivity contribution in [3.63, 3.8) is 0 Å². The van der Waals surface area contributed by atoms with Crippen LogP contribution in [0.2, 0.25) is 0 Å². The number of hydrogen-bond donors (Lipinski definition) is 3. The second-order valence-electron chi connectivity index (χ2n) is 7.24. The number of carbonyl (C=O) groups is 4. The predicted molar refractivity (Wildman–Crippen MR) is 103 cm³/mol. The average molecular weight is 405 g/mol. The minimum Gasteiger partial charge on any atom is -0.445 e. The summed E-state index contributed by atoms with van der Waals surface area (Å²) in [5.41, 5.74) is 2.85. The zero-order valence-corrected chi connectivity index (χ0v) is 16.6. The Balaban J connectivity index is 1.96. The van der Waals surface area contributed by atoms with Crippen molar-refractivity contribution in [2.45, 2.75) is 51.8 Å².